The van der Waals surface area contributed by atoms with Crippen LogP contribution in [0.15, 0.2) is 0 Å². The molecule has 0 saturated carbocycles. The highest BCUT2D eigenvalue weighted by atomic mass is 19.4. The molecule has 1 aliphatic rings. The van der Waals surface area contributed by atoms with Crippen molar-refractivity contribution in [3.8, 4) is 0 Å². The molecule has 2 unspecified atom stereocenters. The monoisotopic (exact) mass is 183 g/mol. The molecule has 72 valence electrons. The summed E-state index contributed by atoms with van der Waals surface area (Å²) >= 11 is 0. The Morgan fingerprint density at radius 3 is 2.33 bits per heavy atom. The molecule has 1 aliphatic heterocycles. The third-order valence-electron chi connectivity index (χ3n) is 2.28. The van der Waals surface area contributed by atoms with E-state index in [0.717, 1.165) is 0 Å². The molecule has 1 fully saturated rings. The van der Waals surface area contributed by atoms with Crippen molar-refractivity contribution in [2.45, 2.75) is 6.18 Å². The van der Waals surface area contributed by atoms with Crippen LogP contribution in [0.2, 0.25) is 0 Å². The Balaban J connectivity index is 2.64. The van der Waals surface area contributed by atoms with Crippen molar-refractivity contribution in [3.63, 3.8) is 0 Å². The number of alkyl halides is 3. The van der Waals surface area contributed by atoms with Gasteiger partial charge in [0.15, 0.2) is 0 Å². The molecule has 0 amide bonds. The topological polar surface area (TPSA) is 23.5 Å². The second-order valence-electron chi connectivity index (χ2n) is 3.31. The zero-order valence-corrected chi connectivity index (χ0v) is 6.80. The Morgan fingerprint density at radius 2 is 2.00 bits per heavy atom. The molecule has 0 aliphatic carbocycles. The zero-order chi connectivity index (χ0) is 9.35. The summed E-state index contributed by atoms with van der Waals surface area (Å²) in [5.74, 6) is -2.00. The summed E-state index contributed by atoms with van der Waals surface area (Å²) in [6.07, 6.45) is -4.17. The van der Waals surface area contributed by atoms with E-state index in [1.54, 1.807) is 11.9 Å². The summed E-state index contributed by atoms with van der Waals surface area (Å²) < 4.78 is 36.7. The Hall–Kier alpha value is -0.290. The summed E-state index contributed by atoms with van der Waals surface area (Å²) in [5, 5.41) is 8.69. The first-order chi connectivity index (χ1) is 5.45. The van der Waals surface area contributed by atoms with Gasteiger partial charge in [-0.15, -0.1) is 0 Å². The molecule has 12 heavy (non-hydrogen) atoms. The van der Waals surface area contributed by atoms with E-state index in [-0.39, 0.29) is 13.2 Å². The van der Waals surface area contributed by atoms with Crippen LogP contribution in [0.3, 0.4) is 0 Å². The van der Waals surface area contributed by atoms with Gasteiger partial charge in [0.2, 0.25) is 0 Å². The van der Waals surface area contributed by atoms with Gasteiger partial charge in [0, 0.05) is 25.6 Å². The third kappa shape index (κ3) is 1.90. The lowest BCUT2D eigenvalue weighted by Gasteiger charge is -2.18. The van der Waals surface area contributed by atoms with Crippen molar-refractivity contribution in [2.24, 2.45) is 11.8 Å². The lowest BCUT2D eigenvalue weighted by molar-refractivity contribution is -0.182. The number of hydrogen-bond donors (Lipinski definition) is 1. The van der Waals surface area contributed by atoms with E-state index in [1.165, 1.54) is 0 Å². The molecule has 1 rings (SSSR count). The van der Waals surface area contributed by atoms with E-state index < -0.39 is 18.0 Å². The first kappa shape index (κ1) is 9.80. The summed E-state index contributed by atoms with van der Waals surface area (Å²) in [6.45, 7) is -0.0378. The summed E-state index contributed by atoms with van der Waals surface area (Å²) in [6, 6.07) is 0. The molecule has 5 heteroatoms. The minimum Gasteiger partial charge on any atom is -0.396 e. The van der Waals surface area contributed by atoms with E-state index in [0.29, 0.717) is 6.54 Å². The van der Waals surface area contributed by atoms with Crippen LogP contribution in [0.1, 0.15) is 0 Å². The molecule has 1 heterocycles. The predicted molar refractivity (Wildman–Crippen MR) is 37.6 cm³/mol. The Morgan fingerprint density at radius 1 is 1.42 bits per heavy atom. The molecule has 1 saturated heterocycles. The predicted octanol–water partition coefficient (Wildman–Crippen LogP) is 0.719. The lowest BCUT2D eigenvalue weighted by atomic mass is 9.97. The number of aliphatic hydroxyl groups is 1. The average molecular weight is 183 g/mol. The van der Waals surface area contributed by atoms with Crippen molar-refractivity contribution < 1.29 is 18.3 Å². The molecule has 0 radical (unpaired) electrons. The van der Waals surface area contributed by atoms with Gasteiger partial charge in [-0.25, -0.2) is 0 Å². The van der Waals surface area contributed by atoms with E-state index in [9.17, 15) is 13.2 Å². The van der Waals surface area contributed by atoms with Crippen LogP contribution in [0.25, 0.3) is 0 Å². The molecule has 1 N–H and O–H groups in total. The van der Waals surface area contributed by atoms with Crippen molar-refractivity contribution in [1.82, 2.24) is 4.90 Å². The maximum absolute atomic E-state index is 12.2. The maximum atomic E-state index is 12.2. The van der Waals surface area contributed by atoms with Crippen LogP contribution < -0.4 is 0 Å². The molecule has 0 aromatic carbocycles. The van der Waals surface area contributed by atoms with E-state index in [4.69, 9.17) is 5.11 Å². The van der Waals surface area contributed by atoms with Crippen molar-refractivity contribution in [3.05, 3.63) is 0 Å². The highest BCUT2D eigenvalue weighted by Gasteiger charge is 2.48. The molecular formula is C7H12F3NO. The van der Waals surface area contributed by atoms with Gasteiger partial charge in [0.05, 0.1) is 5.92 Å². The Bertz CT molecular complexity index is 159. The number of aliphatic hydroxyl groups excluding tert-OH is 1. The van der Waals surface area contributed by atoms with Crippen LogP contribution in [-0.2, 0) is 0 Å². The van der Waals surface area contributed by atoms with E-state index in [1.807, 2.05) is 0 Å². The van der Waals surface area contributed by atoms with Gasteiger partial charge in [-0.05, 0) is 7.05 Å². The summed E-state index contributed by atoms with van der Waals surface area (Å²) in [4.78, 5) is 1.60. The van der Waals surface area contributed by atoms with Crippen LogP contribution in [-0.4, -0.2) is 42.9 Å². The number of hydrogen-bond acceptors (Lipinski definition) is 2. The minimum atomic E-state index is -4.17. The average Bonchev–Trinajstić information content (AvgIpc) is 2.29. The van der Waals surface area contributed by atoms with Gasteiger partial charge >= 0.3 is 6.18 Å². The number of rotatable bonds is 1. The smallest absolute Gasteiger partial charge is 0.393 e. The molecule has 2 nitrogen and oxygen atoms in total. The van der Waals surface area contributed by atoms with Crippen molar-refractivity contribution in [2.75, 3.05) is 26.7 Å². The van der Waals surface area contributed by atoms with Gasteiger partial charge in [0.1, 0.15) is 0 Å². The Labute approximate surface area is 69.0 Å². The van der Waals surface area contributed by atoms with Crippen LogP contribution in [0.4, 0.5) is 13.2 Å². The number of halogens is 3. The zero-order valence-electron chi connectivity index (χ0n) is 6.80. The van der Waals surface area contributed by atoms with Gasteiger partial charge in [-0.1, -0.05) is 0 Å². The molecule has 2 atom stereocenters. The Kier molecular flexibility index (Phi) is 2.63. The standard InChI is InChI=1S/C7H12F3NO/c1-11-2-5(4-12)6(3-11)7(8,9)10/h5-6,12H,2-4H2,1H3. The fourth-order valence-corrected chi connectivity index (χ4v) is 1.64. The lowest BCUT2D eigenvalue weighted by Crippen LogP contribution is -2.31. The molecule has 0 spiro atoms. The fourth-order valence-electron chi connectivity index (χ4n) is 1.64. The molecule has 0 aromatic rings. The van der Waals surface area contributed by atoms with Crippen molar-refractivity contribution >= 4 is 0 Å². The van der Waals surface area contributed by atoms with Crippen molar-refractivity contribution in [1.29, 1.82) is 0 Å². The van der Waals surface area contributed by atoms with Crippen LogP contribution >= 0.6 is 0 Å². The molecule has 0 aromatic heterocycles. The van der Waals surface area contributed by atoms with Gasteiger partial charge < -0.3 is 10.0 Å². The summed E-state index contributed by atoms with van der Waals surface area (Å²) in [5.41, 5.74) is 0. The number of likely N-dealkylation sites (tertiary alicyclic amines) is 1. The third-order valence-corrected chi connectivity index (χ3v) is 2.28. The fraction of sp³-hybridized carbons (Fsp3) is 1.00. The quantitative estimate of drug-likeness (QED) is 0.647. The highest BCUT2D eigenvalue weighted by molar-refractivity contribution is 4.86. The molecule has 0 bridgehead atoms. The highest BCUT2D eigenvalue weighted by Crippen LogP contribution is 2.36. The van der Waals surface area contributed by atoms with Gasteiger partial charge in [-0.2, -0.15) is 13.2 Å². The minimum absolute atomic E-state index is 0.00866. The van der Waals surface area contributed by atoms with Crippen LogP contribution in [0.5, 0.6) is 0 Å². The second kappa shape index (κ2) is 3.22. The van der Waals surface area contributed by atoms with Gasteiger partial charge in [0.25, 0.3) is 0 Å². The number of nitrogens with zero attached hydrogens (tertiary/aromatic N) is 1. The molecular weight excluding hydrogens is 171 g/mol. The SMILES string of the molecule is CN1CC(CO)C(C(F)(F)F)C1. The second-order valence-corrected chi connectivity index (χ2v) is 3.31. The van der Waals surface area contributed by atoms with Crippen LogP contribution in [0, 0.1) is 11.8 Å². The summed E-state index contributed by atoms with van der Waals surface area (Å²) in [7, 11) is 1.63. The van der Waals surface area contributed by atoms with Gasteiger partial charge in [-0.3, -0.25) is 0 Å². The van der Waals surface area contributed by atoms with E-state index in [2.05, 4.69) is 0 Å². The first-order valence-electron chi connectivity index (χ1n) is 3.81. The largest absolute Gasteiger partial charge is 0.396 e. The first-order valence-corrected chi connectivity index (χ1v) is 3.81. The maximum Gasteiger partial charge on any atom is 0.393 e. The van der Waals surface area contributed by atoms with E-state index >= 15 is 0 Å². The normalized spacial score (nSPS) is 32.8.